The van der Waals surface area contributed by atoms with Gasteiger partial charge in [0.2, 0.25) is 5.91 Å². The molecular formula is C9H16N4O2. The monoisotopic (exact) mass is 212 g/mol. The number of carbonyl (C=O) groups is 1. The smallest absolute Gasteiger partial charge is 0.242 e. The second-order valence-electron chi connectivity index (χ2n) is 3.34. The lowest BCUT2D eigenvalue weighted by Crippen LogP contribution is -2.26. The van der Waals surface area contributed by atoms with Crippen LogP contribution in [0.3, 0.4) is 0 Å². The van der Waals surface area contributed by atoms with Crippen molar-refractivity contribution in [3.8, 4) is 0 Å². The number of primary amides is 1. The zero-order chi connectivity index (χ0) is 11.3. The maximum absolute atomic E-state index is 11.0. The molecular weight excluding hydrogens is 196 g/mol. The van der Waals surface area contributed by atoms with Crippen LogP contribution < -0.4 is 5.73 Å². The van der Waals surface area contributed by atoms with Crippen LogP contribution in [0.1, 0.15) is 31.5 Å². The molecule has 1 amide bonds. The summed E-state index contributed by atoms with van der Waals surface area (Å²) < 4.78 is 1.48. The highest BCUT2D eigenvalue weighted by molar-refractivity contribution is 5.78. The van der Waals surface area contributed by atoms with Crippen molar-refractivity contribution < 1.29 is 9.90 Å². The van der Waals surface area contributed by atoms with E-state index in [1.807, 2.05) is 6.92 Å². The first kappa shape index (κ1) is 11.6. The highest BCUT2D eigenvalue weighted by atomic mass is 16.2. The summed E-state index contributed by atoms with van der Waals surface area (Å²) in [5, 5.41) is 16.4. The highest BCUT2D eigenvalue weighted by Crippen LogP contribution is 2.09. The minimum Gasteiger partial charge on any atom is -0.396 e. The number of carbonyl (C=O) groups excluding carboxylic acids is 1. The fourth-order valence-corrected chi connectivity index (χ4v) is 1.36. The van der Waals surface area contributed by atoms with Crippen molar-refractivity contribution in [2.24, 2.45) is 5.73 Å². The Morgan fingerprint density at radius 2 is 2.47 bits per heavy atom. The molecule has 3 N–H and O–H groups in total. The van der Waals surface area contributed by atoms with E-state index in [1.165, 1.54) is 4.68 Å². The summed E-state index contributed by atoms with van der Waals surface area (Å²) in [5.41, 5.74) is 5.99. The quantitative estimate of drug-likeness (QED) is 0.673. The number of rotatable bonds is 6. The fourth-order valence-electron chi connectivity index (χ4n) is 1.36. The van der Waals surface area contributed by atoms with E-state index in [4.69, 9.17) is 10.8 Å². The van der Waals surface area contributed by atoms with E-state index in [2.05, 4.69) is 10.3 Å². The molecule has 0 aliphatic heterocycles. The molecule has 1 unspecified atom stereocenters. The van der Waals surface area contributed by atoms with Gasteiger partial charge in [0, 0.05) is 12.8 Å². The number of nitrogens with two attached hydrogens (primary N) is 1. The van der Waals surface area contributed by atoms with Gasteiger partial charge in [0.15, 0.2) is 0 Å². The predicted molar refractivity (Wildman–Crippen MR) is 54.0 cm³/mol. The van der Waals surface area contributed by atoms with E-state index in [1.54, 1.807) is 6.20 Å². The molecule has 0 aliphatic rings. The molecule has 0 saturated carbocycles. The minimum atomic E-state index is -0.430. The van der Waals surface area contributed by atoms with Crippen LogP contribution in [0.2, 0.25) is 0 Å². The summed E-state index contributed by atoms with van der Waals surface area (Å²) >= 11 is 0. The lowest BCUT2D eigenvalue weighted by Gasteiger charge is -2.09. The molecule has 6 nitrogen and oxygen atoms in total. The third kappa shape index (κ3) is 3.02. The Bertz CT molecular complexity index is 324. The molecule has 6 heteroatoms. The average molecular weight is 212 g/mol. The van der Waals surface area contributed by atoms with Crippen molar-refractivity contribution in [1.82, 2.24) is 15.0 Å². The Balaban J connectivity index is 2.69. The van der Waals surface area contributed by atoms with Crippen LogP contribution in [0, 0.1) is 0 Å². The van der Waals surface area contributed by atoms with Gasteiger partial charge in [-0.1, -0.05) is 12.1 Å². The second kappa shape index (κ2) is 5.45. The molecule has 1 heterocycles. The number of hydrogen-bond acceptors (Lipinski definition) is 4. The SMILES string of the molecule is CCC(C(N)=O)n1cc(CCCO)nn1. The highest BCUT2D eigenvalue weighted by Gasteiger charge is 2.16. The molecule has 0 fully saturated rings. The predicted octanol–water partition coefficient (Wildman–Crippen LogP) is -0.361. The standard InChI is InChI=1S/C9H16N4O2/c1-2-8(9(10)15)13-6-7(11-12-13)4-3-5-14/h6,8,14H,2-5H2,1H3,(H2,10,15). The maximum Gasteiger partial charge on any atom is 0.242 e. The molecule has 0 bridgehead atoms. The number of aliphatic hydroxyl groups excluding tert-OH is 1. The largest absolute Gasteiger partial charge is 0.396 e. The Labute approximate surface area is 88.1 Å². The van der Waals surface area contributed by atoms with Crippen LogP contribution in [-0.2, 0) is 11.2 Å². The van der Waals surface area contributed by atoms with Gasteiger partial charge in [-0.05, 0) is 19.3 Å². The summed E-state index contributed by atoms with van der Waals surface area (Å²) in [4.78, 5) is 11.0. The zero-order valence-corrected chi connectivity index (χ0v) is 8.76. The van der Waals surface area contributed by atoms with Crippen molar-refractivity contribution in [3.05, 3.63) is 11.9 Å². The maximum atomic E-state index is 11.0. The van der Waals surface area contributed by atoms with E-state index >= 15 is 0 Å². The first-order chi connectivity index (χ1) is 7.19. The van der Waals surface area contributed by atoms with Crippen molar-refractivity contribution in [2.45, 2.75) is 32.2 Å². The van der Waals surface area contributed by atoms with Gasteiger partial charge in [-0.2, -0.15) is 0 Å². The third-order valence-corrected chi connectivity index (χ3v) is 2.18. The number of nitrogens with zero attached hydrogens (tertiary/aromatic N) is 3. The number of hydrogen-bond donors (Lipinski definition) is 2. The van der Waals surface area contributed by atoms with E-state index in [0.29, 0.717) is 19.3 Å². The Hall–Kier alpha value is -1.43. The van der Waals surface area contributed by atoms with Crippen LogP contribution >= 0.6 is 0 Å². The van der Waals surface area contributed by atoms with E-state index < -0.39 is 11.9 Å². The minimum absolute atomic E-state index is 0.125. The van der Waals surface area contributed by atoms with Crippen molar-refractivity contribution >= 4 is 5.91 Å². The lowest BCUT2D eigenvalue weighted by atomic mass is 10.2. The summed E-state index contributed by atoms with van der Waals surface area (Å²) in [7, 11) is 0. The van der Waals surface area contributed by atoms with Crippen molar-refractivity contribution in [1.29, 1.82) is 0 Å². The van der Waals surface area contributed by atoms with Crippen molar-refractivity contribution in [2.75, 3.05) is 6.61 Å². The second-order valence-corrected chi connectivity index (χ2v) is 3.34. The molecule has 0 aliphatic carbocycles. The molecule has 1 atom stereocenters. The molecule has 84 valence electrons. The van der Waals surface area contributed by atoms with Gasteiger partial charge < -0.3 is 10.8 Å². The van der Waals surface area contributed by atoms with Crippen molar-refractivity contribution in [3.63, 3.8) is 0 Å². The summed E-state index contributed by atoms with van der Waals surface area (Å²) in [6.45, 7) is 1.99. The lowest BCUT2D eigenvalue weighted by molar-refractivity contribution is -0.121. The van der Waals surface area contributed by atoms with E-state index in [-0.39, 0.29) is 6.61 Å². The van der Waals surface area contributed by atoms with Gasteiger partial charge in [-0.25, -0.2) is 4.68 Å². The molecule has 1 rings (SSSR count). The van der Waals surface area contributed by atoms with Gasteiger partial charge >= 0.3 is 0 Å². The molecule has 0 radical (unpaired) electrons. The fraction of sp³-hybridized carbons (Fsp3) is 0.667. The number of aryl methyl sites for hydroxylation is 1. The average Bonchev–Trinajstić information content (AvgIpc) is 2.64. The Morgan fingerprint density at radius 1 is 1.73 bits per heavy atom. The molecule has 0 saturated heterocycles. The van der Waals surface area contributed by atoms with Gasteiger partial charge in [0.25, 0.3) is 0 Å². The third-order valence-electron chi connectivity index (χ3n) is 2.18. The molecule has 0 spiro atoms. The summed E-state index contributed by atoms with van der Waals surface area (Å²) in [5.74, 6) is -0.406. The van der Waals surface area contributed by atoms with Crippen LogP contribution in [0.5, 0.6) is 0 Å². The summed E-state index contributed by atoms with van der Waals surface area (Å²) in [6, 6.07) is -0.430. The number of amides is 1. The molecule has 0 aromatic carbocycles. The first-order valence-electron chi connectivity index (χ1n) is 5.00. The molecule has 15 heavy (non-hydrogen) atoms. The Kier molecular flexibility index (Phi) is 4.23. The Morgan fingerprint density at radius 3 is 3.00 bits per heavy atom. The van der Waals surface area contributed by atoms with Crippen LogP contribution in [-0.4, -0.2) is 32.6 Å². The molecule has 1 aromatic rings. The zero-order valence-electron chi connectivity index (χ0n) is 8.76. The van der Waals surface area contributed by atoms with Gasteiger partial charge in [-0.15, -0.1) is 5.10 Å². The first-order valence-corrected chi connectivity index (χ1v) is 5.00. The van der Waals surface area contributed by atoms with E-state index in [9.17, 15) is 4.79 Å². The van der Waals surface area contributed by atoms with Crippen LogP contribution in [0.4, 0.5) is 0 Å². The van der Waals surface area contributed by atoms with Gasteiger partial charge in [0.1, 0.15) is 6.04 Å². The summed E-state index contributed by atoms with van der Waals surface area (Å²) in [6.07, 6.45) is 3.60. The van der Waals surface area contributed by atoms with Gasteiger partial charge in [-0.3, -0.25) is 4.79 Å². The number of aliphatic hydroxyl groups is 1. The normalized spacial score (nSPS) is 12.7. The molecule has 1 aromatic heterocycles. The van der Waals surface area contributed by atoms with Crippen LogP contribution in [0.15, 0.2) is 6.20 Å². The number of aromatic nitrogens is 3. The topological polar surface area (TPSA) is 94.0 Å². The van der Waals surface area contributed by atoms with Gasteiger partial charge in [0.05, 0.1) is 5.69 Å². The van der Waals surface area contributed by atoms with Crippen LogP contribution in [0.25, 0.3) is 0 Å². The van der Waals surface area contributed by atoms with E-state index in [0.717, 1.165) is 5.69 Å².